The average molecular weight is 453 g/mol. The number of nitrogens with one attached hydrogen (secondary N) is 1. The summed E-state index contributed by atoms with van der Waals surface area (Å²) in [5.74, 6) is -2.10. The number of hydrogen-bond donors (Lipinski definition) is 2. The topological polar surface area (TPSA) is 105 Å². The summed E-state index contributed by atoms with van der Waals surface area (Å²) in [6, 6.07) is -0.722. The first kappa shape index (κ1) is 25.0. The number of fused-ring (bicyclic) bond motifs is 1. The standard InChI is InChI=1S/C24H40N2O6/c1-4-6-9-14-25-20(28)19-24-13-12-23(3,32-24)18(22(30)31-5-2)17(24)21(29)26(19)15-10-7-8-11-16-27/h17-19,27H,4-16H2,1-3H3,(H,25,28)/t17-,18-,19?,23+,24?/m0/s1. The third-order valence-electron chi connectivity index (χ3n) is 7.45. The van der Waals surface area contributed by atoms with Crippen molar-refractivity contribution in [2.24, 2.45) is 11.8 Å². The lowest BCUT2D eigenvalue weighted by molar-refractivity contribution is -0.159. The fraction of sp³-hybridized carbons (Fsp3) is 0.875. The van der Waals surface area contributed by atoms with Gasteiger partial charge in [-0.15, -0.1) is 0 Å². The van der Waals surface area contributed by atoms with Crippen LogP contribution in [0, 0.1) is 11.8 Å². The summed E-state index contributed by atoms with van der Waals surface area (Å²) >= 11 is 0. The third-order valence-corrected chi connectivity index (χ3v) is 7.45. The summed E-state index contributed by atoms with van der Waals surface area (Å²) in [4.78, 5) is 41.6. The molecule has 8 heteroatoms. The largest absolute Gasteiger partial charge is 0.466 e. The maximum absolute atomic E-state index is 13.7. The van der Waals surface area contributed by atoms with E-state index in [9.17, 15) is 14.4 Å². The molecule has 3 saturated heterocycles. The first-order valence-electron chi connectivity index (χ1n) is 12.4. The molecule has 5 atom stereocenters. The molecule has 1 spiro atoms. The number of carbonyl (C=O) groups is 3. The summed E-state index contributed by atoms with van der Waals surface area (Å²) in [7, 11) is 0. The van der Waals surface area contributed by atoms with Crippen molar-refractivity contribution < 1.29 is 29.0 Å². The molecule has 8 nitrogen and oxygen atoms in total. The molecule has 3 aliphatic heterocycles. The molecule has 0 aromatic carbocycles. The van der Waals surface area contributed by atoms with Gasteiger partial charge < -0.3 is 24.8 Å². The van der Waals surface area contributed by atoms with E-state index in [1.54, 1.807) is 11.8 Å². The lowest BCUT2D eigenvalue weighted by Gasteiger charge is -2.33. The molecule has 3 aliphatic rings. The van der Waals surface area contributed by atoms with Gasteiger partial charge in [-0.05, 0) is 46.0 Å². The molecule has 32 heavy (non-hydrogen) atoms. The number of hydrogen-bond acceptors (Lipinski definition) is 6. The number of ether oxygens (including phenoxy) is 2. The molecule has 0 aliphatic carbocycles. The van der Waals surface area contributed by atoms with Crippen molar-refractivity contribution in [1.82, 2.24) is 10.2 Å². The second kappa shape index (κ2) is 10.5. The number of carbonyl (C=O) groups excluding carboxylic acids is 3. The van der Waals surface area contributed by atoms with E-state index in [2.05, 4.69) is 12.2 Å². The highest BCUT2D eigenvalue weighted by molar-refractivity contribution is 5.98. The molecule has 3 heterocycles. The Balaban J connectivity index is 1.84. The van der Waals surface area contributed by atoms with E-state index >= 15 is 0 Å². The van der Waals surface area contributed by atoms with Gasteiger partial charge in [-0.2, -0.15) is 0 Å². The van der Waals surface area contributed by atoms with Gasteiger partial charge in [-0.1, -0.05) is 32.6 Å². The Labute approximate surface area is 191 Å². The molecular formula is C24H40N2O6. The highest BCUT2D eigenvalue weighted by atomic mass is 16.6. The highest BCUT2D eigenvalue weighted by Gasteiger charge is 2.78. The Morgan fingerprint density at radius 1 is 1.16 bits per heavy atom. The Morgan fingerprint density at radius 3 is 2.59 bits per heavy atom. The van der Waals surface area contributed by atoms with Crippen LogP contribution in [0.1, 0.15) is 78.6 Å². The van der Waals surface area contributed by atoms with Crippen molar-refractivity contribution in [1.29, 1.82) is 0 Å². The van der Waals surface area contributed by atoms with Gasteiger partial charge in [0, 0.05) is 19.7 Å². The second-order valence-electron chi connectivity index (χ2n) is 9.65. The summed E-state index contributed by atoms with van der Waals surface area (Å²) in [6.07, 6.45) is 7.42. The summed E-state index contributed by atoms with van der Waals surface area (Å²) < 4.78 is 11.8. The van der Waals surface area contributed by atoms with Gasteiger partial charge in [0.05, 0.1) is 18.1 Å². The van der Waals surface area contributed by atoms with Crippen LogP contribution in [0.25, 0.3) is 0 Å². The minimum absolute atomic E-state index is 0.157. The van der Waals surface area contributed by atoms with Crippen LogP contribution in [0.5, 0.6) is 0 Å². The molecular weight excluding hydrogens is 412 g/mol. The molecule has 3 fully saturated rings. The smallest absolute Gasteiger partial charge is 0.312 e. The average Bonchev–Trinajstić information content (AvgIpc) is 3.32. The van der Waals surface area contributed by atoms with Crippen LogP contribution in [0.15, 0.2) is 0 Å². The van der Waals surface area contributed by atoms with Gasteiger partial charge in [0.2, 0.25) is 11.8 Å². The van der Waals surface area contributed by atoms with Crippen molar-refractivity contribution in [2.45, 2.75) is 95.8 Å². The molecule has 2 unspecified atom stereocenters. The van der Waals surface area contributed by atoms with Crippen LogP contribution in [0.3, 0.4) is 0 Å². The van der Waals surface area contributed by atoms with Gasteiger partial charge >= 0.3 is 5.97 Å². The van der Waals surface area contributed by atoms with Gasteiger partial charge in [-0.25, -0.2) is 0 Å². The van der Waals surface area contributed by atoms with E-state index in [0.717, 1.165) is 44.9 Å². The van der Waals surface area contributed by atoms with Crippen LogP contribution < -0.4 is 5.32 Å². The second-order valence-corrected chi connectivity index (χ2v) is 9.65. The normalized spacial score (nSPS) is 32.9. The first-order chi connectivity index (χ1) is 15.4. The SMILES string of the molecule is CCCCCNC(=O)C1N(CCCCCCO)C(=O)[C@@H]2[C@@H](C(=O)OCC)[C@@]3(C)CCC12O3. The van der Waals surface area contributed by atoms with Crippen LogP contribution >= 0.6 is 0 Å². The fourth-order valence-corrected chi connectivity index (χ4v) is 5.99. The number of rotatable bonds is 13. The van der Waals surface area contributed by atoms with E-state index in [-0.39, 0.29) is 25.0 Å². The lowest BCUT2D eigenvalue weighted by Crippen LogP contribution is -2.55. The number of unbranched alkanes of at least 4 members (excludes halogenated alkanes) is 5. The quantitative estimate of drug-likeness (QED) is 0.328. The number of esters is 1. The predicted molar refractivity (Wildman–Crippen MR) is 119 cm³/mol. The molecule has 182 valence electrons. The minimum atomic E-state index is -0.969. The highest BCUT2D eigenvalue weighted by Crippen LogP contribution is 2.63. The Kier molecular flexibility index (Phi) is 8.20. The molecule has 2 N–H and O–H groups in total. The summed E-state index contributed by atoms with van der Waals surface area (Å²) in [6.45, 7) is 7.17. The van der Waals surface area contributed by atoms with E-state index in [1.807, 2.05) is 6.92 Å². The molecule has 0 aromatic heterocycles. The number of amides is 2. The van der Waals surface area contributed by atoms with E-state index in [1.165, 1.54) is 0 Å². The number of likely N-dealkylation sites (tertiary alicyclic amines) is 1. The maximum atomic E-state index is 13.7. The fourth-order valence-electron chi connectivity index (χ4n) is 5.99. The summed E-state index contributed by atoms with van der Waals surface area (Å²) in [5.41, 5.74) is -1.75. The van der Waals surface area contributed by atoms with Crippen LogP contribution in [-0.4, -0.2) is 71.3 Å². The Bertz CT molecular complexity index is 700. The van der Waals surface area contributed by atoms with Crippen molar-refractivity contribution in [2.75, 3.05) is 26.3 Å². The van der Waals surface area contributed by atoms with Crippen molar-refractivity contribution in [3.8, 4) is 0 Å². The zero-order valence-electron chi connectivity index (χ0n) is 19.9. The molecule has 0 saturated carbocycles. The summed E-state index contributed by atoms with van der Waals surface area (Å²) in [5, 5.41) is 12.0. The van der Waals surface area contributed by atoms with Gasteiger partial charge in [-0.3, -0.25) is 14.4 Å². The van der Waals surface area contributed by atoms with E-state index in [0.29, 0.717) is 25.9 Å². The zero-order valence-corrected chi connectivity index (χ0v) is 19.9. The molecule has 2 amide bonds. The predicted octanol–water partition coefficient (Wildman–Crippen LogP) is 2.17. The molecule has 0 aromatic rings. The first-order valence-corrected chi connectivity index (χ1v) is 12.4. The Morgan fingerprint density at radius 2 is 1.91 bits per heavy atom. The van der Waals surface area contributed by atoms with Crippen LogP contribution in [0.4, 0.5) is 0 Å². The van der Waals surface area contributed by atoms with Crippen LogP contribution in [0.2, 0.25) is 0 Å². The molecule has 2 bridgehead atoms. The minimum Gasteiger partial charge on any atom is -0.466 e. The van der Waals surface area contributed by atoms with E-state index < -0.39 is 35.0 Å². The lowest BCUT2D eigenvalue weighted by atomic mass is 9.66. The maximum Gasteiger partial charge on any atom is 0.312 e. The number of aliphatic hydroxyl groups excluding tert-OH is 1. The van der Waals surface area contributed by atoms with Crippen molar-refractivity contribution in [3.05, 3.63) is 0 Å². The van der Waals surface area contributed by atoms with Crippen molar-refractivity contribution in [3.63, 3.8) is 0 Å². The van der Waals surface area contributed by atoms with E-state index in [4.69, 9.17) is 14.6 Å². The van der Waals surface area contributed by atoms with Crippen molar-refractivity contribution >= 4 is 17.8 Å². The van der Waals surface area contributed by atoms with Gasteiger partial charge in [0.15, 0.2) is 0 Å². The number of aliphatic hydroxyl groups is 1. The Hall–Kier alpha value is -1.67. The zero-order chi connectivity index (χ0) is 23.4. The number of nitrogens with zero attached hydrogens (tertiary/aromatic N) is 1. The monoisotopic (exact) mass is 452 g/mol. The van der Waals surface area contributed by atoms with Crippen LogP contribution in [-0.2, 0) is 23.9 Å². The molecule has 0 radical (unpaired) electrons. The van der Waals surface area contributed by atoms with Gasteiger partial charge in [0.25, 0.3) is 0 Å². The third kappa shape index (κ3) is 4.40. The molecule has 3 rings (SSSR count). The van der Waals surface area contributed by atoms with Gasteiger partial charge in [0.1, 0.15) is 17.6 Å².